The normalized spacial score (nSPS) is 19.6. The van der Waals surface area contributed by atoms with Crippen LogP contribution in [0.4, 0.5) is 0 Å². The maximum atomic E-state index is 6.48. The first-order chi connectivity index (χ1) is 16.7. The van der Waals surface area contributed by atoms with Crippen LogP contribution in [0, 0.1) is 0 Å². The molecule has 2 unspecified atom stereocenters. The second-order valence-electron chi connectivity index (χ2n) is 8.18. The van der Waals surface area contributed by atoms with Gasteiger partial charge in [0.2, 0.25) is 18.8 Å². The Morgan fingerprint density at radius 3 is 2.38 bits per heavy atom. The minimum Gasteiger partial charge on any atom is -0.493 e. The van der Waals surface area contributed by atoms with Gasteiger partial charge in [-0.2, -0.15) is 5.10 Å². The Labute approximate surface area is 197 Å². The van der Waals surface area contributed by atoms with Gasteiger partial charge < -0.3 is 28.4 Å². The summed E-state index contributed by atoms with van der Waals surface area (Å²) in [6.07, 6.45) is 0.265. The van der Waals surface area contributed by atoms with Crippen molar-refractivity contribution in [1.29, 1.82) is 0 Å². The summed E-state index contributed by atoms with van der Waals surface area (Å²) in [5.74, 6) is 3.99. The number of ether oxygens (including phenoxy) is 6. The summed E-state index contributed by atoms with van der Waals surface area (Å²) in [6.45, 7) is 0.241. The van der Waals surface area contributed by atoms with Crippen molar-refractivity contribution in [2.75, 3.05) is 28.1 Å². The summed E-state index contributed by atoms with van der Waals surface area (Å²) in [7, 11) is 4.80. The van der Waals surface area contributed by atoms with Crippen LogP contribution in [0.3, 0.4) is 0 Å². The lowest BCUT2D eigenvalue weighted by molar-refractivity contribution is -0.0192. The summed E-state index contributed by atoms with van der Waals surface area (Å²) in [5.41, 5.74) is 3.91. The Morgan fingerprint density at radius 2 is 1.62 bits per heavy atom. The third-order valence-corrected chi connectivity index (χ3v) is 6.38. The molecule has 0 radical (unpaired) electrons. The Morgan fingerprint density at radius 1 is 0.853 bits per heavy atom. The van der Waals surface area contributed by atoms with Gasteiger partial charge in [-0.15, -0.1) is 0 Å². The molecule has 3 aliphatic heterocycles. The van der Waals surface area contributed by atoms with Crippen molar-refractivity contribution in [3.63, 3.8) is 0 Å². The Bertz CT molecular complexity index is 1270. The molecule has 0 saturated carbocycles. The van der Waals surface area contributed by atoms with E-state index in [0.29, 0.717) is 17.2 Å². The SMILES string of the molecule is COc1cc(C2Oc3ccccc3C3CC(c4ccc5c(c4)OCO5)=NN32)cc(OC)c1OC. The molecule has 8 nitrogen and oxygen atoms in total. The van der Waals surface area contributed by atoms with Crippen molar-refractivity contribution in [3.8, 4) is 34.5 Å². The second-order valence-corrected chi connectivity index (χ2v) is 8.18. The number of hydrogen-bond donors (Lipinski definition) is 0. The lowest BCUT2D eigenvalue weighted by Crippen LogP contribution is -2.33. The van der Waals surface area contributed by atoms with E-state index in [1.54, 1.807) is 21.3 Å². The first-order valence-electron chi connectivity index (χ1n) is 11.0. The molecule has 174 valence electrons. The van der Waals surface area contributed by atoms with E-state index in [4.69, 9.17) is 33.5 Å². The topological polar surface area (TPSA) is 71.0 Å². The summed E-state index contributed by atoms with van der Waals surface area (Å²) < 4.78 is 34.2. The quantitative estimate of drug-likeness (QED) is 0.547. The summed E-state index contributed by atoms with van der Waals surface area (Å²) in [6, 6.07) is 17.9. The highest BCUT2D eigenvalue weighted by Gasteiger charge is 2.41. The predicted octanol–water partition coefficient (Wildman–Crippen LogP) is 4.68. The zero-order valence-corrected chi connectivity index (χ0v) is 19.1. The van der Waals surface area contributed by atoms with Gasteiger partial charge in [-0.05, 0) is 36.4 Å². The van der Waals surface area contributed by atoms with Crippen LogP contribution in [0.25, 0.3) is 0 Å². The maximum absolute atomic E-state index is 6.48. The number of rotatable bonds is 5. The molecular formula is C26H24N2O6. The third-order valence-electron chi connectivity index (χ3n) is 6.38. The molecule has 2 atom stereocenters. The van der Waals surface area contributed by atoms with E-state index in [1.165, 1.54) is 0 Å². The molecule has 34 heavy (non-hydrogen) atoms. The van der Waals surface area contributed by atoms with E-state index < -0.39 is 6.23 Å². The van der Waals surface area contributed by atoms with Crippen molar-refractivity contribution >= 4 is 5.71 Å². The number of benzene rings is 3. The van der Waals surface area contributed by atoms with Gasteiger partial charge in [-0.1, -0.05) is 18.2 Å². The second kappa shape index (κ2) is 8.06. The molecule has 6 rings (SSSR count). The highest BCUT2D eigenvalue weighted by molar-refractivity contribution is 6.02. The largest absolute Gasteiger partial charge is 0.493 e. The fourth-order valence-corrected chi connectivity index (χ4v) is 4.75. The molecule has 0 fully saturated rings. The fraction of sp³-hybridized carbons (Fsp3) is 0.269. The van der Waals surface area contributed by atoms with Gasteiger partial charge in [0.15, 0.2) is 23.0 Å². The summed E-state index contributed by atoms with van der Waals surface area (Å²) in [5, 5.41) is 7.05. The first-order valence-corrected chi connectivity index (χ1v) is 11.0. The molecule has 0 aromatic heterocycles. The minimum absolute atomic E-state index is 0.0227. The van der Waals surface area contributed by atoms with Gasteiger partial charge in [0.1, 0.15) is 5.75 Å². The fourth-order valence-electron chi connectivity index (χ4n) is 4.75. The van der Waals surface area contributed by atoms with E-state index in [-0.39, 0.29) is 12.8 Å². The van der Waals surface area contributed by atoms with Crippen LogP contribution in [0.1, 0.15) is 35.4 Å². The van der Waals surface area contributed by atoms with Gasteiger partial charge in [0.05, 0.1) is 33.1 Å². The molecule has 3 heterocycles. The average molecular weight is 460 g/mol. The maximum Gasteiger partial charge on any atom is 0.231 e. The Kier molecular flexibility index (Phi) is 4.86. The lowest BCUT2D eigenvalue weighted by atomic mass is 9.95. The van der Waals surface area contributed by atoms with Crippen molar-refractivity contribution < 1.29 is 28.4 Å². The van der Waals surface area contributed by atoms with Crippen LogP contribution in [-0.4, -0.2) is 38.8 Å². The van der Waals surface area contributed by atoms with Gasteiger partial charge in [0, 0.05) is 23.1 Å². The molecule has 0 saturated heterocycles. The first kappa shape index (κ1) is 20.5. The molecule has 0 aliphatic carbocycles. The average Bonchev–Trinajstić information content (AvgIpc) is 3.54. The van der Waals surface area contributed by atoms with Crippen LogP contribution in [0.5, 0.6) is 34.5 Å². The molecule has 3 aromatic carbocycles. The van der Waals surface area contributed by atoms with Gasteiger partial charge in [-0.25, -0.2) is 5.01 Å². The molecule has 8 heteroatoms. The number of hydrogen-bond acceptors (Lipinski definition) is 8. The monoisotopic (exact) mass is 460 g/mol. The van der Waals surface area contributed by atoms with E-state index in [2.05, 4.69) is 6.07 Å². The van der Waals surface area contributed by atoms with Gasteiger partial charge in [-0.3, -0.25) is 0 Å². The molecular weight excluding hydrogens is 436 g/mol. The lowest BCUT2D eigenvalue weighted by Gasteiger charge is -2.38. The predicted molar refractivity (Wildman–Crippen MR) is 124 cm³/mol. The van der Waals surface area contributed by atoms with Crippen molar-refractivity contribution in [1.82, 2.24) is 5.01 Å². The number of para-hydroxylation sites is 1. The molecule has 3 aromatic rings. The number of hydrazone groups is 1. The smallest absolute Gasteiger partial charge is 0.231 e. The van der Waals surface area contributed by atoms with Crippen LogP contribution in [-0.2, 0) is 0 Å². The highest BCUT2D eigenvalue weighted by atomic mass is 16.7. The van der Waals surface area contributed by atoms with Gasteiger partial charge in [0.25, 0.3) is 0 Å². The molecule has 0 amide bonds. The van der Waals surface area contributed by atoms with E-state index in [9.17, 15) is 0 Å². The van der Waals surface area contributed by atoms with E-state index in [1.807, 2.05) is 53.5 Å². The Balaban J connectivity index is 1.45. The van der Waals surface area contributed by atoms with Crippen molar-refractivity contribution in [2.45, 2.75) is 18.7 Å². The number of fused-ring (bicyclic) bond motifs is 4. The highest BCUT2D eigenvalue weighted by Crippen LogP contribution is 2.50. The zero-order valence-electron chi connectivity index (χ0n) is 19.1. The number of methoxy groups -OCH3 is 3. The standard InChI is InChI=1S/C26H24N2O6/c1-29-23-11-16(12-24(30-2)25(23)31-3)26-28-19(17-6-4-5-7-20(17)34-26)13-18(27-28)15-8-9-21-22(10-15)33-14-32-21/h4-12,19,26H,13-14H2,1-3H3. The third kappa shape index (κ3) is 3.17. The van der Waals surface area contributed by atoms with Crippen molar-refractivity contribution in [3.05, 3.63) is 71.3 Å². The molecule has 3 aliphatic rings. The van der Waals surface area contributed by atoms with Crippen LogP contribution < -0.4 is 28.4 Å². The minimum atomic E-state index is -0.472. The molecule has 0 spiro atoms. The van der Waals surface area contributed by atoms with Crippen LogP contribution >= 0.6 is 0 Å². The summed E-state index contributed by atoms with van der Waals surface area (Å²) >= 11 is 0. The van der Waals surface area contributed by atoms with Gasteiger partial charge >= 0.3 is 0 Å². The summed E-state index contributed by atoms with van der Waals surface area (Å²) in [4.78, 5) is 0. The molecule has 0 bridgehead atoms. The van der Waals surface area contributed by atoms with E-state index in [0.717, 1.165) is 46.1 Å². The van der Waals surface area contributed by atoms with E-state index >= 15 is 0 Å². The molecule has 0 N–H and O–H groups in total. The zero-order chi connectivity index (χ0) is 23.2. The van der Waals surface area contributed by atoms with Crippen molar-refractivity contribution in [2.24, 2.45) is 5.10 Å². The van der Waals surface area contributed by atoms with Crippen LogP contribution in [0.15, 0.2) is 59.7 Å². The Hall–Kier alpha value is -4.07. The van der Waals surface area contributed by atoms with Crippen LogP contribution in [0.2, 0.25) is 0 Å². The number of nitrogens with zero attached hydrogens (tertiary/aromatic N) is 2.